The van der Waals surface area contributed by atoms with Gasteiger partial charge in [-0.25, -0.2) is 0 Å². The Morgan fingerprint density at radius 3 is 3.00 bits per heavy atom. The van der Waals surface area contributed by atoms with Gasteiger partial charge in [-0.2, -0.15) is 0 Å². The number of carbonyl (C=O) groups excluding carboxylic acids is 1. The van der Waals surface area contributed by atoms with Crippen LogP contribution in [-0.4, -0.2) is 30.0 Å². The molecule has 104 valence electrons. The van der Waals surface area contributed by atoms with Crippen molar-refractivity contribution in [3.05, 3.63) is 22.9 Å². The Morgan fingerprint density at radius 2 is 2.32 bits per heavy atom. The van der Waals surface area contributed by atoms with Gasteiger partial charge in [0.2, 0.25) is 5.91 Å². The van der Waals surface area contributed by atoms with E-state index < -0.39 is 0 Å². The van der Waals surface area contributed by atoms with E-state index in [1.54, 1.807) is 6.20 Å². The lowest BCUT2D eigenvalue weighted by molar-refractivity contribution is -0.124. The molecule has 1 unspecified atom stereocenters. The molecule has 1 atom stereocenters. The second-order valence-electron chi connectivity index (χ2n) is 5.31. The first kappa shape index (κ1) is 14.3. The summed E-state index contributed by atoms with van der Waals surface area (Å²) < 4.78 is 0.985. The summed E-state index contributed by atoms with van der Waals surface area (Å²) in [5.41, 5.74) is 1.11. The standard InChI is InChI=1S/C14H20BrN3O/c1-10(2)14(19)17-12-4-3-5-18(9-12)13-6-11(15)7-16-8-13/h6-8,10,12H,3-5,9H2,1-2H3,(H,17,19). The van der Waals surface area contributed by atoms with E-state index >= 15 is 0 Å². The van der Waals surface area contributed by atoms with Crippen molar-refractivity contribution in [1.82, 2.24) is 10.3 Å². The number of piperidine rings is 1. The number of aromatic nitrogens is 1. The smallest absolute Gasteiger partial charge is 0.222 e. The molecule has 1 aliphatic rings. The molecular formula is C14H20BrN3O. The molecule has 1 aromatic heterocycles. The molecule has 0 aromatic carbocycles. The van der Waals surface area contributed by atoms with Gasteiger partial charge in [-0.05, 0) is 34.8 Å². The molecule has 1 aliphatic heterocycles. The van der Waals surface area contributed by atoms with Crippen molar-refractivity contribution in [3.8, 4) is 0 Å². The van der Waals surface area contributed by atoms with Crippen LogP contribution in [0.5, 0.6) is 0 Å². The molecule has 2 rings (SSSR count). The second-order valence-corrected chi connectivity index (χ2v) is 6.23. The first-order valence-electron chi connectivity index (χ1n) is 6.72. The Hall–Kier alpha value is -1.10. The zero-order chi connectivity index (χ0) is 13.8. The minimum Gasteiger partial charge on any atom is -0.368 e. The zero-order valence-corrected chi connectivity index (χ0v) is 13.0. The summed E-state index contributed by atoms with van der Waals surface area (Å²) in [7, 11) is 0. The number of carbonyl (C=O) groups is 1. The van der Waals surface area contributed by atoms with Crippen molar-refractivity contribution in [1.29, 1.82) is 0 Å². The second kappa shape index (κ2) is 6.37. The molecule has 5 heteroatoms. The van der Waals surface area contributed by atoms with E-state index in [-0.39, 0.29) is 17.9 Å². The predicted molar refractivity (Wildman–Crippen MR) is 80.2 cm³/mol. The van der Waals surface area contributed by atoms with Gasteiger partial charge in [0.25, 0.3) is 0 Å². The third-order valence-electron chi connectivity index (χ3n) is 3.35. The highest BCUT2D eigenvalue weighted by atomic mass is 79.9. The summed E-state index contributed by atoms with van der Waals surface area (Å²) in [5, 5.41) is 3.12. The van der Waals surface area contributed by atoms with Gasteiger partial charge in [-0.1, -0.05) is 13.8 Å². The fraction of sp³-hybridized carbons (Fsp3) is 0.571. The number of nitrogens with zero attached hydrogens (tertiary/aromatic N) is 2. The maximum Gasteiger partial charge on any atom is 0.222 e. The summed E-state index contributed by atoms with van der Waals surface area (Å²) >= 11 is 3.44. The molecule has 0 aliphatic carbocycles. The van der Waals surface area contributed by atoms with Crippen LogP contribution < -0.4 is 10.2 Å². The third kappa shape index (κ3) is 3.93. The Labute approximate surface area is 122 Å². The average molecular weight is 326 g/mol. The van der Waals surface area contributed by atoms with Crippen molar-refractivity contribution in [2.75, 3.05) is 18.0 Å². The number of nitrogens with one attached hydrogen (secondary N) is 1. The number of amides is 1. The van der Waals surface area contributed by atoms with Crippen LogP contribution in [0.3, 0.4) is 0 Å². The van der Waals surface area contributed by atoms with E-state index in [1.165, 1.54) is 0 Å². The van der Waals surface area contributed by atoms with E-state index in [4.69, 9.17) is 0 Å². The van der Waals surface area contributed by atoms with Crippen LogP contribution in [0.1, 0.15) is 26.7 Å². The van der Waals surface area contributed by atoms with Crippen LogP contribution in [-0.2, 0) is 4.79 Å². The van der Waals surface area contributed by atoms with Crippen LogP contribution >= 0.6 is 15.9 Å². The molecule has 1 amide bonds. The van der Waals surface area contributed by atoms with E-state index in [9.17, 15) is 4.79 Å². The average Bonchev–Trinajstić information content (AvgIpc) is 2.39. The summed E-state index contributed by atoms with van der Waals surface area (Å²) in [6.45, 7) is 5.73. The quantitative estimate of drug-likeness (QED) is 0.929. The number of rotatable bonds is 3. The lowest BCUT2D eigenvalue weighted by Gasteiger charge is -2.35. The summed E-state index contributed by atoms with van der Waals surface area (Å²) in [6.07, 6.45) is 5.80. The highest BCUT2D eigenvalue weighted by Gasteiger charge is 2.22. The van der Waals surface area contributed by atoms with E-state index in [1.807, 2.05) is 20.0 Å². The van der Waals surface area contributed by atoms with E-state index in [0.717, 1.165) is 36.1 Å². The lowest BCUT2D eigenvalue weighted by Crippen LogP contribution is -2.48. The van der Waals surface area contributed by atoms with Gasteiger partial charge in [0, 0.05) is 35.7 Å². The molecule has 0 bridgehead atoms. The van der Waals surface area contributed by atoms with Crippen molar-refractivity contribution >= 4 is 27.5 Å². The molecule has 0 radical (unpaired) electrons. The number of anilines is 1. The molecule has 1 fully saturated rings. The maximum absolute atomic E-state index is 11.8. The van der Waals surface area contributed by atoms with Gasteiger partial charge in [-0.15, -0.1) is 0 Å². The number of hydrogen-bond acceptors (Lipinski definition) is 3. The molecule has 0 spiro atoms. The van der Waals surface area contributed by atoms with Crippen molar-refractivity contribution in [3.63, 3.8) is 0 Å². The van der Waals surface area contributed by atoms with Crippen LogP contribution in [0.15, 0.2) is 22.9 Å². The SMILES string of the molecule is CC(C)C(=O)NC1CCCN(c2cncc(Br)c2)C1. The highest BCUT2D eigenvalue weighted by Crippen LogP contribution is 2.22. The molecule has 2 heterocycles. The summed E-state index contributed by atoms with van der Waals surface area (Å²) in [5.74, 6) is 0.183. The monoisotopic (exact) mass is 325 g/mol. The predicted octanol–water partition coefficient (Wildman–Crippen LogP) is 2.59. The largest absolute Gasteiger partial charge is 0.368 e. The number of pyridine rings is 1. The maximum atomic E-state index is 11.8. The highest BCUT2D eigenvalue weighted by molar-refractivity contribution is 9.10. The van der Waals surface area contributed by atoms with Gasteiger partial charge >= 0.3 is 0 Å². The lowest BCUT2D eigenvalue weighted by atomic mass is 10.0. The number of hydrogen-bond donors (Lipinski definition) is 1. The molecule has 4 nitrogen and oxygen atoms in total. The van der Waals surface area contributed by atoms with Gasteiger partial charge in [0.15, 0.2) is 0 Å². The van der Waals surface area contributed by atoms with Gasteiger partial charge in [0.1, 0.15) is 0 Å². The van der Waals surface area contributed by atoms with Crippen LogP contribution in [0, 0.1) is 5.92 Å². The van der Waals surface area contributed by atoms with E-state index in [0.29, 0.717) is 0 Å². The Bertz CT molecular complexity index is 450. The van der Waals surface area contributed by atoms with Crippen LogP contribution in [0.25, 0.3) is 0 Å². The van der Waals surface area contributed by atoms with Gasteiger partial charge < -0.3 is 10.2 Å². The Kier molecular flexibility index (Phi) is 4.80. The fourth-order valence-corrected chi connectivity index (χ4v) is 2.62. The molecular weight excluding hydrogens is 306 g/mol. The first-order chi connectivity index (χ1) is 9.06. The molecule has 1 N–H and O–H groups in total. The van der Waals surface area contributed by atoms with Crippen molar-refractivity contribution in [2.24, 2.45) is 5.92 Å². The molecule has 1 aromatic rings. The fourth-order valence-electron chi connectivity index (χ4n) is 2.27. The molecule has 0 saturated carbocycles. The number of halogens is 1. The normalized spacial score (nSPS) is 19.6. The summed E-state index contributed by atoms with van der Waals surface area (Å²) in [4.78, 5) is 18.2. The van der Waals surface area contributed by atoms with E-state index in [2.05, 4.69) is 37.2 Å². The molecule has 19 heavy (non-hydrogen) atoms. The van der Waals surface area contributed by atoms with Gasteiger partial charge in [0.05, 0.1) is 11.9 Å². The van der Waals surface area contributed by atoms with Crippen molar-refractivity contribution in [2.45, 2.75) is 32.7 Å². The zero-order valence-electron chi connectivity index (χ0n) is 11.4. The third-order valence-corrected chi connectivity index (χ3v) is 3.78. The first-order valence-corrected chi connectivity index (χ1v) is 7.51. The van der Waals surface area contributed by atoms with Gasteiger partial charge in [-0.3, -0.25) is 9.78 Å². The van der Waals surface area contributed by atoms with Crippen LogP contribution in [0.4, 0.5) is 5.69 Å². The Balaban J connectivity index is 1.99. The topological polar surface area (TPSA) is 45.2 Å². The van der Waals surface area contributed by atoms with Crippen molar-refractivity contribution < 1.29 is 4.79 Å². The Morgan fingerprint density at radius 1 is 1.53 bits per heavy atom. The summed E-state index contributed by atoms with van der Waals surface area (Å²) in [6, 6.07) is 2.31. The van der Waals surface area contributed by atoms with Crippen LogP contribution in [0.2, 0.25) is 0 Å². The minimum absolute atomic E-state index is 0.0444. The minimum atomic E-state index is 0.0444. The molecule has 1 saturated heterocycles.